The lowest BCUT2D eigenvalue weighted by atomic mass is 10.1. The number of aromatic nitrogens is 1. The molecule has 1 saturated heterocycles. The summed E-state index contributed by atoms with van der Waals surface area (Å²) in [5, 5.41) is 3.98. The molecular weight excluding hydrogens is 274 g/mol. The van der Waals surface area contributed by atoms with Crippen molar-refractivity contribution in [1.29, 1.82) is 0 Å². The Morgan fingerprint density at radius 2 is 2.30 bits per heavy atom. The van der Waals surface area contributed by atoms with Crippen molar-refractivity contribution in [2.45, 2.75) is 38.8 Å². The maximum Gasteiger partial charge on any atom is 0.128 e. The maximum atomic E-state index is 6.18. The zero-order chi connectivity index (χ0) is 14.4. The molecule has 1 aliphatic heterocycles. The van der Waals surface area contributed by atoms with Gasteiger partial charge in [-0.15, -0.1) is 0 Å². The molecule has 20 heavy (non-hydrogen) atoms. The molecule has 1 aromatic rings. The van der Waals surface area contributed by atoms with E-state index >= 15 is 0 Å². The highest BCUT2D eigenvalue weighted by molar-refractivity contribution is 6.31. The second kappa shape index (κ2) is 7.81. The molecule has 1 aromatic heterocycles. The van der Waals surface area contributed by atoms with Gasteiger partial charge in [-0.1, -0.05) is 18.5 Å². The fraction of sp³-hybridized carbons (Fsp3) is 0.667. The molecule has 1 aliphatic rings. The average Bonchev–Trinajstić information content (AvgIpc) is 2.47. The number of nitrogens with one attached hydrogen (secondary N) is 1. The molecule has 4 nitrogen and oxygen atoms in total. The summed E-state index contributed by atoms with van der Waals surface area (Å²) < 4.78 is 5.78. The van der Waals surface area contributed by atoms with E-state index in [4.69, 9.17) is 16.3 Å². The van der Waals surface area contributed by atoms with Gasteiger partial charge in [0.1, 0.15) is 5.82 Å². The minimum Gasteiger partial charge on any atom is -0.376 e. The molecule has 0 aromatic carbocycles. The largest absolute Gasteiger partial charge is 0.376 e. The highest BCUT2D eigenvalue weighted by Crippen LogP contribution is 2.20. The Bertz CT molecular complexity index is 422. The van der Waals surface area contributed by atoms with Crippen molar-refractivity contribution in [3.05, 3.63) is 22.8 Å². The van der Waals surface area contributed by atoms with Crippen molar-refractivity contribution in [3.63, 3.8) is 0 Å². The lowest BCUT2D eigenvalue weighted by molar-refractivity contribution is 0.0215. The molecule has 0 aliphatic carbocycles. The average molecular weight is 298 g/mol. The Morgan fingerprint density at radius 1 is 1.45 bits per heavy atom. The molecule has 1 fully saturated rings. The Labute approximate surface area is 126 Å². The number of likely N-dealkylation sites (N-methyl/N-ethyl adjacent to an activating group) is 1. The predicted octanol–water partition coefficient (Wildman–Crippen LogP) is 2.85. The molecule has 112 valence electrons. The first-order valence-electron chi connectivity index (χ1n) is 7.39. The van der Waals surface area contributed by atoms with Crippen LogP contribution in [0, 0.1) is 0 Å². The molecule has 1 atom stereocenters. The van der Waals surface area contributed by atoms with Gasteiger partial charge in [-0.25, -0.2) is 4.98 Å². The Kier molecular flexibility index (Phi) is 6.07. The minimum absolute atomic E-state index is 0.323. The van der Waals surface area contributed by atoms with Gasteiger partial charge in [-0.05, 0) is 37.9 Å². The fourth-order valence-corrected chi connectivity index (χ4v) is 2.58. The minimum atomic E-state index is 0.323. The SMILES string of the molecule is CCNCc1nc(N(C)CC2CCCCO2)ccc1Cl. The van der Waals surface area contributed by atoms with Gasteiger partial charge in [-0.3, -0.25) is 0 Å². The topological polar surface area (TPSA) is 37.4 Å². The van der Waals surface area contributed by atoms with Gasteiger partial charge < -0.3 is 15.0 Å². The normalized spacial score (nSPS) is 19.1. The molecular formula is C15H24ClN3O. The molecule has 2 rings (SSSR count). The van der Waals surface area contributed by atoms with Crippen molar-refractivity contribution in [3.8, 4) is 0 Å². The summed E-state index contributed by atoms with van der Waals surface area (Å²) in [6, 6.07) is 3.90. The monoisotopic (exact) mass is 297 g/mol. The van der Waals surface area contributed by atoms with Crippen LogP contribution in [0.5, 0.6) is 0 Å². The van der Waals surface area contributed by atoms with Crippen LogP contribution >= 0.6 is 11.6 Å². The summed E-state index contributed by atoms with van der Waals surface area (Å²) in [6.45, 7) is 5.46. The van der Waals surface area contributed by atoms with Crippen LogP contribution in [-0.2, 0) is 11.3 Å². The summed E-state index contributed by atoms with van der Waals surface area (Å²) in [5.74, 6) is 0.955. The van der Waals surface area contributed by atoms with Gasteiger partial charge >= 0.3 is 0 Å². The number of rotatable bonds is 6. The standard InChI is InChI=1S/C15H24ClN3O/c1-3-17-10-14-13(16)7-8-15(18-14)19(2)11-12-6-4-5-9-20-12/h7-8,12,17H,3-6,9-11H2,1-2H3. The predicted molar refractivity (Wildman–Crippen MR) is 83.5 cm³/mol. The molecule has 0 saturated carbocycles. The number of hydrogen-bond acceptors (Lipinski definition) is 4. The molecule has 5 heteroatoms. The zero-order valence-electron chi connectivity index (χ0n) is 12.4. The molecule has 0 spiro atoms. The summed E-state index contributed by atoms with van der Waals surface area (Å²) >= 11 is 6.18. The van der Waals surface area contributed by atoms with E-state index in [2.05, 4.69) is 29.2 Å². The number of halogens is 1. The van der Waals surface area contributed by atoms with Crippen LogP contribution in [0.2, 0.25) is 5.02 Å². The van der Waals surface area contributed by atoms with E-state index in [1.807, 2.05) is 12.1 Å². The number of ether oxygens (including phenoxy) is 1. The van der Waals surface area contributed by atoms with Crippen LogP contribution < -0.4 is 10.2 Å². The number of anilines is 1. The molecule has 0 radical (unpaired) electrons. The van der Waals surface area contributed by atoms with Crippen molar-refractivity contribution >= 4 is 17.4 Å². The van der Waals surface area contributed by atoms with E-state index in [-0.39, 0.29) is 0 Å². The summed E-state index contributed by atoms with van der Waals surface area (Å²) in [7, 11) is 2.06. The zero-order valence-corrected chi connectivity index (χ0v) is 13.1. The van der Waals surface area contributed by atoms with Gasteiger partial charge in [0.05, 0.1) is 16.8 Å². The van der Waals surface area contributed by atoms with E-state index in [0.717, 1.165) is 42.7 Å². The summed E-state index contributed by atoms with van der Waals surface area (Å²) in [5.41, 5.74) is 0.905. The smallest absolute Gasteiger partial charge is 0.128 e. The summed E-state index contributed by atoms with van der Waals surface area (Å²) in [4.78, 5) is 6.81. The molecule has 0 bridgehead atoms. The number of pyridine rings is 1. The number of nitrogens with zero attached hydrogens (tertiary/aromatic N) is 2. The van der Waals surface area contributed by atoms with Crippen molar-refractivity contribution in [1.82, 2.24) is 10.3 Å². The van der Waals surface area contributed by atoms with Crippen LogP contribution in [0.4, 0.5) is 5.82 Å². The maximum absolute atomic E-state index is 6.18. The van der Waals surface area contributed by atoms with Crippen LogP contribution in [0.1, 0.15) is 31.9 Å². The third-order valence-corrected chi connectivity index (χ3v) is 3.93. The van der Waals surface area contributed by atoms with Gasteiger partial charge in [0.25, 0.3) is 0 Å². The molecule has 1 N–H and O–H groups in total. The Hall–Kier alpha value is -0.840. The van der Waals surface area contributed by atoms with E-state index in [1.165, 1.54) is 12.8 Å². The first-order chi connectivity index (χ1) is 9.70. The highest BCUT2D eigenvalue weighted by Gasteiger charge is 2.17. The van der Waals surface area contributed by atoms with E-state index < -0.39 is 0 Å². The fourth-order valence-electron chi connectivity index (χ4n) is 2.40. The van der Waals surface area contributed by atoms with Crippen LogP contribution in [0.15, 0.2) is 12.1 Å². The quantitative estimate of drug-likeness (QED) is 0.876. The summed E-state index contributed by atoms with van der Waals surface area (Å²) in [6.07, 6.45) is 3.91. The first-order valence-corrected chi connectivity index (χ1v) is 7.77. The van der Waals surface area contributed by atoms with Crippen LogP contribution in [-0.4, -0.2) is 37.8 Å². The second-order valence-electron chi connectivity index (χ2n) is 5.25. The molecule has 0 amide bonds. The van der Waals surface area contributed by atoms with Crippen LogP contribution in [0.25, 0.3) is 0 Å². The first kappa shape index (κ1) is 15.5. The lowest BCUT2D eigenvalue weighted by Gasteiger charge is -2.28. The van der Waals surface area contributed by atoms with E-state index in [1.54, 1.807) is 0 Å². The van der Waals surface area contributed by atoms with Crippen molar-refractivity contribution in [2.75, 3.05) is 31.6 Å². The van der Waals surface area contributed by atoms with Gasteiger partial charge in [0, 0.05) is 26.7 Å². The van der Waals surface area contributed by atoms with Gasteiger partial charge in [0.15, 0.2) is 0 Å². The van der Waals surface area contributed by atoms with E-state index in [0.29, 0.717) is 12.6 Å². The lowest BCUT2D eigenvalue weighted by Crippen LogP contribution is -2.33. The van der Waals surface area contributed by atoms with E-state index in [9.17, 15) is 0 Å². The Balaban J connectivity index is 1.99. The second-order valence-corrected chi connectivity index (χ2v) is 5.65. The van der Waals surface area contributed by atoms with Crippen molar-refractivity contribution < 1.29 is 4.74 Å². The highest BCUT2D eigenvalue weighted by atomic mass is 35.5. The number of hydrogen-bond donors (Lipinski definition) is 1. The van der Waals surface area contributed by atoms with Crippen molar-refractivity contribution in [2.24, 2.45) is 0 Å². The van der Waals surface area contributed by atoms with Gasteiger partial charge in [0.2, 0.25) is 0 Å². The third-order valence-electron chi connectivity index (χ3n) is 3.59. The Morgan fingerprint density at radius 3 is 3.00 bits per heavy atom. The third kappa shape index (κ3) is 4.33. The molecule has 2 heterocycles. The van der Waals surface area contributed by atoms with Crippen LogP contribution in [0.3, 0.4) is 0 Å². The molecule has 1 unspecified atom stereocenters. The van der Waals surface area contributed by atoms with Gasteiger partial charge in [-0.2, -0.15) is 0 Å².